The van der Waals surface area contributed by atoms with E-state index in [0.29, 0.717) is 0 Å². The Morgan fingerprint density at radius 1 is 0.441 bits per heavy atom. The van der Waals surface area contributed by atoms with Gasteiger partial charge in [0.1, 0.15) is 0 Å². The number of hydrogen-bond donors (Lipinski definition) is 0. The fourth-order valence-electron chi connectivity index (χ4n) is 6.19. The lowest BCUT2D eigenvalue weighted by atomic mass is 9.43. The number of nitrogens with zero attached hydrogens (tertiary/aromatic N) is 1. The zero-order valence-electron chi connectivity index (χ0n) is 18.6. The topological polar surface area (TPSA) is 3.24 Å². The van der Waals surface area contributed by atoms with Crippen LogP contribution >= 0.6 is 0 Å². The van der Waals surface area contributed by atoms with Crippen LogP contribution < -0.4 is 15.7 Å². The van der Waals surface area contributed by atoms with Gasteiger partial charge in [0.15, 0.2) is 0 Å². The summed E-state index contributed by atoms with van der Waals surface area (Å²) in [5, 5.41) is 5.18. The summed E-state index contributed by atoms with van der Waals surface area (Å²) in [4.78, 5) is 2.58. The highest BCUT2D eigenvalue weighted by Gasteiger charge is 2.42. The molecule has 0 bridgehead atoms. The van der Waals surface area contributed by atoms with Crippen LogP contribution in [-0.2, 0) is 0 Å². The fraction of sp³-hybridized carbons (Fsp3) is 0. The lowest BCUT2D eigenvalue weighted by Crippen LogP contribution is -2.59. The number of para-hydroxylation sites is 1. The number of anilines is 2. The largest absolute Gasteiger partial charge is 0.376 e. The van der Waals surface area contributed by atoms with Crippen LogP contribution in [0.4, 0.5) is 11.4 Å². The van der Waals surface area contributed by atoms with Gasteiger partial charge < -0.3 is 4.81 Å². The second-order valence-electron chi connectivity index (χ2n) is 9.34. The van der Waals surface area contributed by atoms with Gasteiger partial charge in [-0.2, -0.15) is 0 Å². The molecule has 0 fully saturated rings. The number of benzene rings is 6. The first kappa shape index (κ1) is 18.2. The Labute approximate surface area is 199 Å². The molecule has 8 rings (SSSR count). The Hall–Kier alpha value is -4.30. The van der Waals surface area contributed by atoms with Gasteiger partial charge in [-0.05, 0) is 61.8 Å². The van der Waals surface area contributed by atoms with Crippen molar-refractivity contribution >= 4 is 50.7 Å². The first-order valence-electron chi connectivity index (χ1n) is 11.9. The predicted octanol–water partition coefficient (Wildman–Crippen LogP) is 6.90. The molecule has 0 unspecified atom stereocenters. The van der Waals surface area contributed by atoms with E-state index >= 15 is 0 Å². The van der Waals surface area contributed by atoms with Gasteiger partial charge in [-0.15, -0.1) is 0 Å². The molecule has 0 atom stereocenters. The van der Waals surface area contributed by atoms with Crippen LogP contribution in [0.15, 0.2) is 121 Å². The fourth-order valence-corrected chi connectivity index (χ4v) is 6.19. The monoisotopic (exact) mass is 429 g/mol. The quantitative estimate of drug-likeness (QED) is 0.238. The van der Waals surface area contributed by atoms with Crippen LogP contribution in [0, 0.1) is 0 Å². The Morgan fingerprint density at radius 3 is 2.00 bits per heavy atom. The summed E-state index contributed by atoms with van der Waals surface area (Å²) >= 11 is 0. The third kappa shape index (κ3) is 2.30. The molecule has 0 aromatic heterocycles. The molecule has 0 spiro atoms. The van der Waals surface area contributed by atoms with Crippen molar-refractivity contribution in [1.29, 1.82) is 0 Å². The molecular weight excluding hydrogens is 409 g/mol. The van der Waals surface area contributed by atoms with E-state index in [2.05, 4.69) is 126 Å². The van der Waals surface area contributed by atoms with Crippen molar-refractivity contribution in [2.45, 2.75) is 0 Å². The van der Waals surface area contributed by atoms with Crippen molar-refractivity contribution in [3.05, 3.63) is 121 Å². The van der Waals surface area contributed by atoms with Crippen molar-refractivity contribution in [2.24, 2.45) is 0 Å². The summed E-state index contributed by atoms with van der Waals surface area (Å²) in [6.07, 6.45) is 0. The standard InChI is InChI=1S/C32H20BN/c1-2-11-23-20-29-27(19-22(23)10-1)25-13-6-8-16-30(25)34-31-18-17-21-9-3-4-12-24(21)32(31)26-14-5-7-15-28(26)33(29)34/h1-20H. The van der Waals surface area contributed by atoms with Gasteiger partial charge in [-0.3, -0.25) is 0 Å². The summed E-state index contributed by atoms with van der Waals surface area (Å²) in [6, 6.07) is 44.8. The van der Waals surface area contributed by atoms with Crippen molar-refractivity contribution in [2.75, 3.05) is 4.81 Å². The van der Waals surface area contributed by atoms with Crippen LogP contribution in [0.1, 0.15) is 0 Å². The van der Waals surface area contributed by atoms with E-state index in [-0.39, 0.29) is 6.85 Å². The number of fused-ring (bicyclic) bond motifs is 14. The molecule has 6 aromatic carbocycles. The van der Waals surface area contributed by atoms with E-state index < -0.39 is 0 Å². The third-order valence-electron chi connectivity index (χ3n) is 7.62. The molecule has 2 aliphatic heterocycles. The molecule has 2 aliphatic rings. The molecule has 0 N–H and O–H groups in total. The van der Waals surface area contributed by atoms with E-state index in [1.807, 2.05) is 0 Å². The molecule has 6 aromatic rings. The van der Waals surface area contributed by atoms with Crippen LogP contribution in [0.3, 0.4) is 0 Å². The smallest absolute Gasteiger partial charge is 0.329 e. The second kappa shape index (κ2) is 6.62. The molecule has 2 heteroatoms. The van der Waals surface area contributed by atoms with Crippen LogP contribution in [0.2, 0.25) is 0 Å². The molecule has 156 valence electrons. The maximum atomic E-state index is 2.58. The molecule has 0 aliphatic carbocycles. The summed E-state index contributed by atoms with van der Waals surface area (Å²) in [6.45, 7) is 0.138. The highest BCUT2D eigenvalue weighted by molar-refractivity contribution is 6.92. The van der Waals surface area contributed by atoms with Crippen molar-refractivity contribution in [3.63, 3.8) is 0 Å². The Kier molecular flexibility index (Phi) is 3.54. The number of hydrogen-bond acceptors (Lipinski definition) is 1. The molecule has 0 saturated heterocycles. The van der Waals surface area contributed by atoms with Crippen LogP contribution in [-0.4, -0.2) is 6.85 Å². The van der Waals surface area contributed by atoms with E-state index in [0.717, 1.165) is 0 Å². The van der Waals surface area contributed by atoms with Gasteiger partial charge in [-0.25, -0.2) is 0 Å². The molecule has 0 radical (unpaired) electrons. The molecule has 1 nitrogen and oxygen atoms in total. The van der Waals surface area contributed by atoms with E-state index in [4.69, 9.17) is 0 Å². The molecule has 2 heterocycles. The minimum absolute atomic E-state index is 0.138. The molecular formula is C32H20BN. The minimum atomic E-state index is 0.138. The lowest BCUT2D eigenvalue weighted by Gasteiger charge is -2.43. The third-order valence-corrected chi connectivity index (χ3v) is 7.62. The van der Waals surface area contributed by atoms with Crippen LogP contribution in [0.5, 0.6) is 0 Å². The molecule has 0 amide bonds. The summed E-state index contributed by atoms with van der Waals surface area (Å²) in [5.41, 5.74) is 10.6. The number of rotatable bonds is 0. The maximum Gasteiger partial charge on any atom is 0.329 e. The Morgan fingerprint density at radius 2 is 1.12 bits per heavy atom. The second-order valence-corrected chi connectivity index (χ2v) is 9.34. The van der Waals surface area contributed by atoms with Gasteiger partial charge in [0, 0.05) is 22.5 Å². The summed E-state index contributed by atoms with van der Waals surface area (Å²) in [7, 11) is 0. The highest BCUT2D eigenvalue weighted by Crippen LogP contribution is 2.48. The molecule has 34 heavy (non-hydrogen) atoms. The SMILES string of the molecule is c1ccc2c(c1)B1c3cc4ccccc4cc3-c3ccccc3N1c1ccc3ccccc3c1-2. The van der Waals surface area contributed by atoms with Gasteiger partial charge in [-0.1, -0.05) is 103 Å². The summed E-state index contributed by atoms with van der Waals surface area (Å²) < 4.78 is 0. The van der Waals surface area contributed by atoms with Gasteiger partial charge >= 0.3 is 6.85 Å². The lowest BCUT2D eigenvalue weighted by molar-refractivity contribution is 1.36. The van der Waals surface area contributed by atoms with Gasteiger partial charge in [0.2, 0.25) is 0 Å². The van der Waals surface area contributed by atoms with E-state index in [1.54, 1.807) is 0 Å². The minimum Gasteiger partial charge on any atom is -0.376 e. The van der Waals surface area contributed by atoms with Crippen LogP contribution in [0.25, 0.3) is 43.8 Å². The average molecular weight is 429 g/mol. The first-order valence-corrected chi connectivity index (χ1v) is 11.9. The van der Waals surface area contributed by atoms with E-state index in [9.17, 15) is 0 Å². The first-order chi connectivity index (χ1) is 16.9. The maximum absolute atomic E-state index is 2.58. The molecule has 0 saturated carbocycles. The van der Waals surface area contributed by atoms with Crippen molar-refractivity contribution in [3.8, 4) is 22.3 Å². The average Bonchev–Trinajstić information content (AvgIpc) is 2.91. The summed E-state index contributed by atoms with van der Waals surface area (Å²) in [5.74, 6) is 0. The van der Waals surface area contributed by atoms with Crippen molar-refractivity contribution < 1.29 is 0 Å². The Balaban J connectivity index is 1.54. The zero-order chi connectivity index (χ0) is 22.2. The predicted molar refractivity (Wildman–Crippen MR) is 146 cm³/mol. The highest BCUT2D eigenvalue weighted by atomic mass is 15.1. The van der Waals surface area contributed by atoms with Gasteiger partial charge in [0.05, 0.1) is 0 Å². The van der Waals surface area contributed by atoms with E-state index in [1.165, 1.54) is 66.1 Å². The van der Waals surface area contributed by atoms with Crippen molar-refractivity contribution in [1.82, 2.24) is 0 Å². The zero-order valence-corrected chi connectivity index (χ0v) is 18.6. The normalized spacial score (nSPS) is 13.2. The van der Waals surface area contributed by atoms with Gasteiger partial charge in [0.25, 0.3) is 0 Å². The Bertz CT molecular complexity index is 1780.